The van der Waals surface area contributed by atoms with Crippen molar-refractivity contribution in [2.45, 2.75) is 31.5 Å². The van der Waals surface area contributed by atoms with E-state index in [1.807, 2.05) is 0 Å². The van der Waals surface area contributed by atoms with Crippen LogP contribution < -0.4 is 0 Å². The summed E-state index contributed by atoms with van der Waals surface area (Å²) in [4.78, 5) is 10.5. The van der Waals surface area contributed by atoms with Crippen LogP contribution >= 0.6 is 0 Å². The van der Waals surface area contributed by atoms with E-state index in [9.17, 15) is 4.79 Å². The molecule has 0 aromatic carbocycles. The Kier molecular flexibility index (Phi) is 1.20. The lowest BCUT2D eigenvalue weighted by molar-refractivity contribution is -0.143. The molecule has 2 heterocycles. The number of carbonyl (C=O) groups is 1. The summed E-state index contributed by atoms with van der Waals surface area (Å²) in [7, 11) is 0. The van der Waals surface area contributed by atoms with Crippen molar-refractivity contribution in [3.8, 4) is 0 Å². The Morgan fingerprint density at radius 1 is 1.50 bits per heavy atom. The van der Waals surface area contributed by atoms with Crippen LogP contribution in [0.2, 0.25) is 0 Å². The number of carboxylic acids is 1. The SMILES string of the molecule is O=C(O)C1CC2CC[C@@H]1O2. The van der Waals surface area contributed by atoms with Gasteiger partial charge in [0.05, 0.1) is 18.1 Å². The highest BCUT2D eigenvalue weighted by Gasteiger charge is 2.44. The Morgan fingerprint density at radius 2 is 2.30 bits per heavy atom. The van der Waals surface area contributed by atoms with E-state index in [1.54, 1.807) is 0 Å². The normalized spacial score (nSPS) is 44.2. The maximum Gasteiger partial charge on any atom is 0.309 e. The topological polar surface area (TPSA) is 46.5 Å². The molecule has 0 aliphatic carbocycles. The summed E-state index contributed by atoms with van der Waals surface area (Å²) >= 11 is 0. The van der Waals surface area contributed by atoms with Crippen molar-refractivity contribution >= 4 is 5.97 Å². The molecule has 2 saturated heterocycles. The highest BCUT2D eigenvalue weighted by molar-refractivity contribution is 5.71. The van der Waals surface area contributed by atoms with Crippen LogP contribution in [0.1, 0.15) is 19.3 Å². The van der Waals surface area contributed by atoms with Crippen molar-refractivity contribution in [1.82, 2.24) is 0 Å². The first-order valence-electron chi connectivity index (χ1n) is 3.65. The molecule has 0 aromatic rings. The van der Waals surface area contributed by atoms with Gasteiger partial charge in [-0.15, -0.1) is 0 Å². The molecule has 3 nitrogen and oxygen atoms in total. The van der Waals surface area contributed by atoms with E-state index in [2.05, 4.69) is 0 Å². The van der Waals surface area contributed by atoms with Crippen LogP contribution in [0, 0.1) is 5.92 Å². The quantitative estimate of drug-likeness (QED) is 0.584. The molecule has 3 heteroatoms. The van der Waals surface area contributed by atoms with Crippen LogP contribution in [0.15, 0.2) is 0 Å². The fourth-order valence-electron chi connectivity index (χ4n) is 1.90. The van der Waals surface area contributed by atoms with Crippen LogP contribution in [0.25, 0.3) is 0 Å². The molecule has 2 aliphatic rings. The Morgan fingerprint density at radius 3 is 2.60 bits per heavy atom. The minimum Gasteiger partial charge on any atom is -0.481 e. The van der Waals surface area contributed by atoms with E-state index in [1.165, 1.54) is 0 Å². The highest BCUT2D eigenvalue weighted by Crippen LogP contribution is 2.38. The zero-order valence-corrected chi connectivity index (χ0v) is 5.62. The molecule has 3 atom stereocenters. The summed E-state index contributed by atoms with van der Waals surface area (Å²) in [5.74, 6) is -0.897. The Hall–Kier alpha value is -0.570. The molecular weight excluding hydrogens is 132 g/mol. The first-order chi connectivity index (χ1) is 4.77. The van der Waals surface area contributed by atoms with Gasteiger partial charge < -0.3 is 9.84 Å². The van der Waals surface area contributed by atoms with E-state index < -0.39 is 5.97 Å². The third kappa shape index (κ3) is 0.736. The van der Waals surface area contributed by atoms with E-state index in [4.69, 9.17) is 9.84 Å². The molecular formula is C7H10O3. The summed E-state index contributed by atoms with van der Waals surface area (Å²) in [6, 6.07) is 0. The Labute approximate surface area is 59.0 Å². The van der Waals surface area contributed by atoms with Gasteiger partial charge in [-0.2, -0.15) is 0 Å². The van der Waals surface area contributed by atoms with Crippen LogP contribution in [0.3, 0.4) is 0 Å². The lowest BCUT2D eigenvalue weighted by Crippen LogP contribution is -2.24. The average Bonchev–Trinajstić information content (AvgIpc) is 2.44. The average molecular weight is 142 g/mol. The monoisotopic (exact) mass is 142 g/mol. The minimum atomic E-state index is -0.688. The predicted octanol–water partition coefficient (Wildman–Crippen LogP) is 0.639. The first-order valence-corrected chi connectivity index (χ1v) is 3.65. The highest BCUT2D eigenvalue weighted by atomic mass is 16.5. The first kappa shape index (κ1) is 6.16. The molecule has 0 saturated carbocycles. The molecule has 56 valence electrons. The number of rotatable bonds is 1. The van der Waals surface area contributed by atoms with Crippen LogP contribution in [-0.4, -0.2) is 23.3 Å². The molecule has 2 unspecified atom stereocenters. The van der Waals surface area contributed by atoms with E-state index in [0.717, 1.165) is 19.3 Å². The van der Waals surface area contributed by atoms with Gasteiger partial charge in [-0.05, 0) is 19.3 Å². The summed E-state index contributed by atoms with van der Waals surface area (Å²) in [6.45, 7) is 0. The molecule has 2 fully saturated rings. The standard InChI is InChI=1S/C7H10O3/c8-7(9)5-3-4-1-2-6(5)10-4/h4-6H,1-3H2,(H,8,9)/t4?,5?,6-/m0/s1. The van der Waals surface area contributed by atoms with Crippen molar-refractivity contribution < 1.29 is 14.6 Å². The fourth-order valence-corrected chi connectivity index (χ4v) is 1.90. The lowest BCUT2D eigenvalue weighted by atomic mass is 9.89. The second-order valence-corrected chi connectivity index (χ2v) is 3.05. The number of ether oxygens (including phenoxy) is 1. The van der Waals surface area contributed by atoms with Crippen molar-refractivity contribution in [1.29, 1.82) is 0 Å². The van der Waals surface area contributed by atoms with Crippen LogP contribution in [0.4, 0.5) is 0 Å². The largest absolute Gasteiger partial charge is 0.481 e. The molecule has 0 amide bonds. The van der Waals surface area contributed by atoms with E-state index >= 15 is 0 Å². The fraction of sp³-hybridized carbons (Fsp3) is 0.857. The van der Waals surface area contributed by atoms with Gasteiger partial charge in [0.1, 0.15) is 0 Å². The second kappa shape index (κ2) is 1.95. The van der Waals surface area contributed by atoms with Gasteiger partial charge in [0.25, 0.3) is 0 Å². The second-order valence-electron chi connectivity index (χ2n) is 3.05. The molecule has 1 N–H and O–H groups in total. The Bertz CT molecular complexity index is 166. The van der Waals surface area contributed by atoms with Gasteiger partial charge in [-0.3, -0.25) is 4.79 Å². The molecule has 0 radical (unpaired) electrons. The number of fused-ring (bicyclic) bond motifs is 2. The molecule has 0 aromatic heterocycles. The number of carboxylic acid groups (broad SMARTS) is 1. The summed E-state index contributed by atoms with van der Waals surface area (Å²) in [5, 5.41) is 8.66. The van der Waals surface area contributed by atoms with Crippen molar-refractivity contribution in [2.75, 3.05) is 0 Å². The summed E-state index contributed by atoms with van der Waals surface area (Å²) in [6.07, 6.45) is 3.03. The maximum absolute atomic E-state index is 10.5. The third-order valence-electron chi connectivity index (χ3n) is 2.42. The van der Waals surface area contributed by atoms with Crippen molar-refractivity contribution in [2.24, 2.45) is 5.92 Å². The maximum atomic E-state index is 10.5. The summed E-state index contributed by atoms with van der Waals surface area (Å²) in [5.41, 5.74) is 0. The molecule has 2 rings (SSSR count). The number of aliphatic carboxylic acids is 1. The van der Waals surface area contributed by atoms with Crippen LogP contribution in [0.5, 0.6) is 0 Å². The van der Waals surface area contributed by atoms with Gasteiger partial charge in [0.2, 0.25) is 0 Å². The van der Waals surface area contributed by atoms with Crippen molar-refractivity contribution in [3.63, 3.8) is 0 Å². The van der Waals surface area contributed by atoms with Gasteiger partial charge >= 0.3 is 5.97 Å². The zero-order valence-electron chi connectivity index (χ0n) is 5.62. The third-order valence-corrected chi connectivity index (χ3v) is 2.42. The van der Waals surface area contributed by atoms with Gasteiger partial charge in [0.15, 0.2) is 0 Å². The van der Waals surface area contributed by atoms with Gasteiger partial charge in [0, 0.05) is 0 Å². The summed E-state index contributed by atoms with van der Waals surface area (Å²) < 4.78 is 5.37. The van der Waals surface area contributed by atoms with Gasteiger partial charge in [-0.1, -0.05) is 0 Å². The smallest absolute Gasteiger partial charge is 0.309 e. The molecule has 2 aliphatic heterocycles. The van der Waals surface area contributed by atoms with E-state index in [-0.39, 0.29) is 18.1 Å². The Balaban J connectivity index is 2.08. The number of hydrogen-bond donors (Lipinski definition) is 1. The zero-order chi connectivity index (χ0) is 7.14. The minimum absolute atomic E-state index is 0.0301. The van der Waals surface area contributed by atoms with Gasteiger partial charge in [-0.25, -0.2) is 0 Å². The molecule has 10 heavy (non-hydrogen) atoms. The predicted molar refractivity (Wildman–Crippen MR) is 33.6 cm³/mol. The van der Waals surface area contributed by atoms with Crippen molar-refractivity contribution in [3.05, 3.63) is 0 Å². The van der Waals surface area contributed by atoms with E-state index in [0.29, 0.717) is 0 Å². The van der Waals surface area contributed by atoms with Crippen LogP contribution in [-0.2, 0) is 9.53 Å². The lowest BCUT2D eigenvalue weighted by Gasteiger charge is -2.12. The molecule has 0 spiro atoms. The number of hydrogen-bond acceptors (Lipinski definition) is 2. The molecule has 2 bridgehead atoms.